The summed E-state index contributed by atoms with van der Waals surface area (Å²) in [4.78, 5) is 24.3. The maximum Gasteiger partial charge on any atom is 0.306 e. The highest BCUT2D eigenvalue weighted by atomic mass is 16.6. The van der Waals surface area contributed by atoms with Crippen LogP contribution in [0.4, 0.5) is 0 Å². The van der Waals surface area contributed by atoms with Gasteiger partial charge in [0, 0.05) is 24.2 Å². The summed E-state index contributed by atoms with van der Waals surface area (Å²) in [5, 5.41) is 0. The molecular weight excluding hydrogens is 336 g/mol. The van der Waals surface area contributed by atoms with Gasteiger partial charge in [-0.1, -0.05) is 19.4 Å². The number of allylic oxidation sites excluding steroid dienone is 1. The molecule has 1 aliphatic heterocycles. The van der Waals surface area contributed by atoms with E-state index in [4.69, 9.17) is 4.74 Å². The number of ketones is 1. The van der Waals surface area contributed by atoms with E-state index in [0.29, 0.717) is 24.0 Å². The Bertz CT molecular complexity index is 827. The van der Waals surface area contributed by atoms with E-state index in [1.165, 1.54) is 31.3 Å². The molecule has 6 fully saturated rings. The second-order valence-corrected chi connectivity index (χ2v) is 11.5. The number of hydrogen-bond acceptors (Lipinski definition) is 3. The number of hydrogen-bond donors (Lipinski definition) is 0. The Labute approximate surface area is 161 Å². The van der Waals surface area contributed by atoms with Gasteiger partial charge in [-0.25, -0.2) is 0 Å². The van der Waals surface area contributed by atoms with Gasteiger partial charge in [-0.3, -0.25) is 9.59 Å². The lowest BCUT2D eigenvalue weighted by Gasteiger charge is -2.60. The number of carbonyl (C=O) groups is 2. The lowest BCUT2D eigenvalue weighted by molar-refractivity contribution is -0.177. The molecule has 144 valence electrons. The molecule has 1 spiro atoms. The Morgan fingerprint density at radius 1 is 1.00 bits per heavy atom. The molecule has 7 aliphatic rings. The van der Waals surface area contributed by atoms with Crippen LogP contribution in [0.2, 0.25) is 0 Å². The zero-order chi connectivity index (χ0) is 18.3. The van der Waals surface area contributed by atoms with Gasteiger partial charge in [0.15, 0.2) is 5.78 Å². The summed E-state index contributed by atoms with van der Waals surface area (Å²) in [6.07, 6.45) is 10.6. The minimum Gasteiger partial charge on any atom is -0.458 e. The standard InChI is InChI=1S/C24H30O3/c1-22-6-3-12(25)9-17(22)13-10-14(13)20-16(22)4-7-23(2)21(20)15-11-18(15)24(23)8-5-19(26)27-24/h9,13-16,18,20-21H,3-8,10-11H2,1-2H3/t13?,14-,15?,16?,18-,20?,21?,22+,23-,24-/m0/s1. The highest BCUT2D eigenvalue weighted by Crippen LogP contribution is 2.82. The Morgan fingerprint density at radius 3 is 2.63 bits per heavy atom. The molecule has 0 bridgehead atoms. The molecule has 10 atom stereocenters. The molecule has 0 radical (unpaired) electrons. The van der Waals surface area contributed by atoms with Crippen LogP contribution in [-0.2, 0) is 14.3 Å². The van der Waals surface area contributed by atoms with Gasteiger partial charge < -0.3 is 4.74 Å². The van der Waals surface area contributed by atoms with E-state index in [-0.39, 0.29) is 22.4 Å². The first-order valence-electron chi connectivity index (χ1n) is 11.4. The SMILES string of the molecule is C[C@]12CCC(=O)C=C1C1C[C@@H]1C1C2CC[C@@]2(C)C1C1C[C@@H]1[C@@]21CCC(=O)O1. The number of fused-ring (bicyclic) bond motifs is 12. The van der Waals surface area contributed by atoms with Gasteiger partial charge >= 0.3 is 5.97 Å². The maximum absolute atomic E-state index is 12.2. The summed E-state index contributed by atoms with van der Waals surface area (Å²) in [6, 6.07) is 0. The summed E-state index contributed by atoms with van der Waals surface area (Å²) < 4.78 is 6.22. The van der Waals surface area contributed by atoms with Crippen LogP contribution in [0.5, 0.6) is 0 Å². The Hall–Kier alpha value is -1.12. The highest BCUT2D eigenvalue weighted by molar-refractivity contribution is 5.92. The van der Waals surface area contributed by atoms with E-state index in [2.05, 4.69) is 19.9 Å². The van der Waals surface area contributed by atoms with Crippen molar-refractivity contribution in [3.8, 4) is 0 Å². The van der Waals surface area contributed by atoms with Gasteiger partial charge in [0.05, 0.1) is 0 Å². The second kappa shape index (κ2) is 4.39. The normalized spacial score (nSPS) is 62.0. The summed E-state index contributed by atoms with van der Waals surface area (Å²) in [5.74, 6) is 5.65. The highest BCUT2D eigenvalue weighted by Gasteiger charge is 2.81. The molecule has 0 aromatic rings. The quantitative estimate of drug-likeness (QED) is 0.600. The molecule has 0 amide bonds. The fraction of sp³-hybridized carbons (Fsp3) is 0.833. The Kier molecular flexibility index (Phi) is 2.56. The van der Waals surface area contributed by atoms with Crippen molar-refractivity contribution in [3.63, 3.8) is 0 Å². The molecule has 1 heterocycles. The number of ether oxygens (including phenoxy) is 1. The van der Waals surface area contributed by atoms with Gasteiger partial charge in [-0.2, -0.15) is 0 Å². The number of carbonyl (C=O) groups excluding carboxylic acids is 2. The van der Waals surface area contributed by atoms with Gasteiger partial charge in [-0.15, -0.1) is 0 Å². The summed E-state index contributed by atoms with van der Waals surface area (Å²) in [7, 11) is 0. The first-order chi connectivity index (χ1) is 12.9. The predicted octanol–water partition coefficient (Wildman–Crippen LogP) is 4.31. The van der Waals surface area contributed by atoms with Gasteiger partial charge in [-0.05, 0) is 85.5 Å². The van der Waals surface area contributed by atoms with Crippen LogP contribution in [0, 0.1) is 52.3 Å². The first kappa shape index (κ1) is 15.8. The zero-order valence-electron chi connectivity index (χ0n) is 16.5. The first-order valence-corrected chi connectivity index (χ1v) is 11.4. The Balaban J connectivity index is 1.33. The van der Waals surface area contributed by atoms with Crippen LogP contribution in [0.1, 0.15) is 65.2 Å². The lowest BCUT2D eigenvalue weighted by atomic mass is 9.45. The van der Waals surface area contributed by atoms with Crippen LogP contribution < -0.4 is 0 Å². The van der Waals surface area contributed by atoms with Crippen LogP contribution in [0.15, 0.2) is 11.6 Å². The number of rotatable bonds is 0. The Morgan fingerprint density at radius 2 is 1.85 bits per heavy atom. The molecule has 3 heteroatoms. The smallest absolute Gasteiger partial charge is 0.306 e. The van der Waals surface area contributed by atoms with Crippen LogP contribution >= 0.6 is 0 Å². The largest absolute Gasteiger partial charge is 0.458 e. The molecule has 3 nitrogen and oxygen atoms in total. The minimum atomic E-state index is -0.131. The van der Waals surface area contributed by atoms with E-state index in [1.807, 2.05) is 0 Å². The average molecular weight is 367 g/mol. The second-order valence-electron chi connectivity index (χ2n) is 11.5. The molecule has 5 unspecified atom stereocenters. The van der Waals surface area contributed by atoms with E-state index >= 15 is 0 Å². The van der Waals surface area contributed by atoms with Crippen LogP contribution in [0.3, 0.4) is 0 Å². The predicted molar refractivity (Wildman–Crippen MR) is 99.5 cm³/mol. The topological polar surface area (TPSA) is 43.4 Å². The third-order valence-corrected chi connectivity index (χ3v) is 10.9. The fourth-order valence-electron chi connectivity index (χ4n) is 9.74. The third kappa shape index (κ3) is 1.58. The third-order valence-electron chi connectivity index (χ3n) is 10.9. The molecule has 1 saturated heterocycles. The van der Waals surface area contributed by atoms with Crippen molar-refractivity contribution in [1.29, 1.82) is 0 Å². The minimum absolute atomic E-state index is 0.0561. The monoisotopic (exact) mass is 366 g/mol. The number of esters is 1. The van der Waals surface area contributed by atoms with Gasteiger partial charge in [0.2, 0.25) is 0 Å². The molecule has 0 aromatic carbocycles. The lowest BCUT2D eigenvalue weighted by Crippen LogP contribution is -2.57. The van der Waals surface area contributed by atoms with E-state index < -0.39 is 0 Å². The summed E-state index contributed by atoms with van der Waals surface area (Å²) in [5.41, 5.74) is 1.85. The molecule has 5 saturated carbocycles. The van der Waals surface area contributed by atoms with Crippen molar-refractivity contribution in [1.82, 2.24) is 0 Å². The molecule has 7 rings (SSSR count). The van der Waals surface area contributed by atoms with E-state index in [0.717, 1.165) is 48.9 Å². The van der Waals surface area contributed by atoms with E-state index in [9.17, 15) is 9.59 Å². The van der Waals surface area contributed by atoms with Crippen LogP contribution in [0.25, 0.3) is 0 Å². The molecule has 27 heavy (non-hydrogen) atoms. The maximum atomic E-state index is 12.2. The molecule has 0 N–H and O–H groups in total. The van der Waals surface area contributed by atoms with Gasteiger partial charge in [0.1, 0.15) is 5.60 Å². The fourth-order valence-corrected chi connectivity index (χ4v) is 9.74. The van der Waals surface area contributed by atoms with Gasteiger partial charge in [0.25, 0.3) is 0 Å². The van der Waals surface area contributed by atoms with Crippen LogP contribution in [-0.4, -0.2) is 17.4 Å². The summed E-state index contributed by atoms with van der Waals surface area (Å²) >= 11 is 0. The summed E-state index contributed by atoms with van der Waals surface area (Å²) in [6.45, 7) is 4.99. The molecule has 0 aromatic heterocycles. The van der Waals surface area contributed by atoms with Crippen molar-refractivity contribution >= 4 is 11.8 Å². The molecular formula is C24H30O3. The van der Waals surface area contributed by atoms with E-state index in [1.54, 1.807) is 0 Å². The van der Waals surface area contributed by atoms with Crippen molar-refractivity contribution in [2.45, 2.75) is 70.8 Å². The van der Waals surface area contributed by atoms with Crippen molar-refractivity contribution in [2.75, 3.05) is 0 Å². The van der Waals surface area contributed by atoms with Crippen molar-refractivity contribution in [2.24, 2.45) is 52.3 Å². The molecule has 6 aliphatic carbocycles. The average Bonchev–Trinajstić information content (AvgIpc) is 3.53. The van der Waals surface area contributed by atoms with Crippen molar-refractivity contribution < 1.29 is 14.3 Å². The van der Waals surface area contributed by atoms with Crippen molar-refractivity contribution in [3.05, 3.63) is 11.6 Å². The zero-order valence-corrected chi connectivity index (χ0v) is 16.5.